The van der Waals surface area contributed by atoms with Crippen molar-refractivity contribution in [2.24, 2.45) is 0 Å². The topological polar surface area (TPSA) is 45.7 Å². The van der Waals surface area contributed by atoms with Gasteiger partial charge in [0.1, 0.15) is 15.2 Å². The van der Waals surface area contributed by atoms with Crippen LogP contribution in [0.2, 0.25) is 0 Å². The predicted molar refractivity (Wildman–Crippen MR) is 89.4 cm³/mol. The lowest BCUT2D eigenvalue weighted by Gasteiger charge is -2.40. The lowest BCUT2D eigenvalue weighted by atomic mass is 10.2. The zero-order valence-electron chi connectivity index (χ0n) is 13.8. The second-order valence-corrected chi connectivity index (χ2v) is 8.31. The summed E-state index contributed by atoms with van der Waals surface area (Å²) < 4.78 is 43.9. The third-order valence-corrected chi connectivity index (χ3v) is 5.33. The SMILES string of the molecule is CC1CN(c2sc(C(F)(F)F)nc2Br)CCN1C(=O)OC(C)(C)C. The largest absolute Gasteiger partial charge is 0.444 e. The maximum absolute atomic E-state index is 12.8. The minimum Gasteiger partial charge on any atom is -0.444 e. The molecule has 2 rings (SSSR count). The first-order chi connectivity index (χ1) is 10.9. The van der Waals surface area contributed by atoms with E-state index in [1.807, 2.05) is 11.8 Å². The third kappa shape index (κ3) is 4.53. The highest BCUT2D eigenvalue weighted by Crippen LogP contribution is 2.41. The lowest BCUT2D eigenvalue weighted by molar-refractivity contribution is -0.137. The number of thiazole rings is 1. The Morgan fingerprint density at radius 2 is 1.96 bits per heavy atom. The maximum Gasteiger partial charge on any atom is 0.443 e. The van der Waals surface area contributed by atoms with Crippen LogP contribution in [0.15, 0.2) is 4.60 Å². The van der Waals surface area contributed by atoms with Crippen LogP contribution in [-0.4, -0.2) is 47.3 Å². The molecule has 1 atom stereocenters. The summed E-state index contributed by atoms with van der Waals surface area (Å²) in [6.45, 7) is 8.42. The van der Waals surface area contributed by atoms with Crippen molar-refractivity contribution in [1.82, 2.24) is 9.88 Å². The molecule has 1 aromatic heterocycles. The Hall–Kier alpha value is -1.03. The maximum atomic E-state index is 12.8. The number of ether oxygens (including phenoxy) is 1. The first-order valence-corrected chi connectivity index (χ1v) is 8.97. The third-order valence-electron chi connectivity index (χ3n) is 3.35. The van der Waals surface area contributed by atoms with E-state index in [0.29, 0.717) is 36.0 Å². The molecule has 5 nitrogen and oxygen atoms in total. The van der Waals surface area contributed by atoms with Gasteiger partial charge in [0.05, 0.1) is 0 Å². The number of aromatic nitrogens is 1. The number of rotatable bonds is 1. The summed E-state index contributed by atoms with van der Waals surface area (Å²) >= 11 is 3.70. The number of amides is 1. The molecule has 1 unspecified atom stereocenters. The monoisotopic (exact) mass is 429 g/mol. The number of hydrogen-bond acceptors (Lipinski definition) is 5. The Labute approximate surface area is 150 Å². The van der Waals surface area contributed by atoms with Gasteiger partial charge in [-0.05, 0) is 43.6 Å². The quantitative estimate of drug-likeness (QED) is 0.664. The molecule has 1 aliphatic rings. The fraction of sp³-hybridized carbons (Fsp3) is 0.714. The molecule has 0 N–H and O–H groups in total. The molecule has 10 heteroatoms. The van der Waals surface area contributed by atoms with E-state index in [1.165, 1.54) is 0 Å². The van der Waals surface area contributed by atoms with Crippen LogP contribution in [0.25, 0.3) is 0 Å². The van der Waals surface area contributed by atoms with E-state index in [4.69, 9.17) is 4.74 Å². The molecule has 1 aliphatic heterocycles. The first kappa shape index (κ1) is 19.3. The van der Waals surface area contributed by atoms with E-state index >= 15 is 0 Å². The van der Waals surface area contributed by atoms with Gasteiger partial charge >= 0.3 is 12.3 Å². The number of anilines is 1. The van der Waals surface area contributed by atoms with Crippen molar-refractivity contribution in [3.05, 3.63) is 9.61 Å². The number of nitrogens with zero attached hydrogens (tertiary/aromatic N) is 3. The smallest absolute Gasteiger partial charge is 0.443 e. The highest BCUT2D eigenvalue weighted by atomic mass is 79.9. The van der Waals surface area contributed by atoms with E-state index in [1.54, 1.807) is 25.7 Å². The zero-order valence-corrected chi connectivity index (χ0v) is 16.2. The molecular formula is C14H19BrF3N3O2S. The van der Waals surface area contributed by atoms with Gasteiger partial charge in [0.2, 0.25) is 5.01 Å². The predicted octanol–water partition coefficient (Wildman–Crippen LogP) is 4.37. The van der Waals surface area contributed by atoms with Gasteiger partial charge in [0.15, 0.2) is 0 Å². The van der Waals surface area contributed by atoms with Gasteiger partial charge in [-0.1, -0.05) is 11.3 Å². The minimum absolute atomic E-state index is 0.178. The lowest BCUT2D eigenvalue weighted by Crippen LogP contribution is -2.55. The average Bonchev–Trinajstić information content (AvgIpc) is 2.78. The van der Waals surface area contributed by atoms with Crippen LogP contribution in [0.3, 0.4) is 0 Å². The van der Waals surface area contributed by atoms with Crippen molar-refractivity contribution in [3.63, 3.8) is 0 Å². The van der Waals surface area contributed by atoms with Gasteiger partial charge in [-0.25, -0.2) is 9.78 Å². The molecule has 1 saturated heterocycles. The Morgan fingerprint density at radius 1 is 1.33 bits per heavy atom. The summed E-state index contributed by atoms with van der Waals surface area (Å²) in [7, 11) is 0. The van der Waals surface area contributed by atoms with E-state index in [0.717, 1.165) is 0 Å². The number of alkyl halides is 3. The number of piperazine rings is 1. The molecule has 0 aromatic carbocycles. The highest BCUT2D eigenvalue weighted by molar-refractivity contribution is 9.10. The number of carbonyl (C=O) groups excluding carboxylic acids is 1. The van der Waals surface area contributed by atoms with Crippen molar-refractivity contribution >= 4 is 38.4 Å². The highest BCUT2D eigenvalue weighted by Gasteiger charge is 2.38. The number of hydrogen-bond donors (Lipinski definition) is 0. The summed E-state index contributed by atoms with van der Waals surface area (Å²) in [6, 6.07) is -0.183. The summed E-state index contributed by atoms with van der Waals surface area (Å²) in [5, 5.41) is -0.454. The van der Waals surface area contributed by atoms with Crippen LogP contribution in [0.1, 0.15) is 32.7 Å². The van der Waals surface area contributed by atoms with Gasteiger partial charge in [0, 0.05) is 25.7 Å². The fourth-order valence-electron chi connectivity index (χ4n) is 2.34. The van der Waals surface area contributed by atoms with Gasteiger partial charge in [-0.3, -0.25) is 0 Å². The first-order valence-electron chi connectivity index (χ1n) is 7.36. The summed E-state index contributed by atoms with van der Waals surface area (Å²) in [5.74, 6) is 0. The molecule has 0 radical (unpaired) electrons. The Kier molecular flexibility index (Phi) is 5.39. The molecule has 136 valence electrons. The van der Waals surface area contributed by atoms with Crippen LogP contribution < -0.4 is 4.90 Å². The van der Waals surface area contributed by atoms with Crippen molar-refractivity contribution in [2.45, 2.75) is 45.5 Å². The van der Waals surface area contributed by atoms with E-state index in [9.17, 15) is 18.0 Å². The summed E-state index contributed by atoms with van der Waals surface area (Å²) in [6.07, 6.45) is -4.87. The van der Waals surface area contributed by atoms with Crippen LogP contribution in [-0.2, 0) is 10.9 Å². The van der Waals surface area contributed by atoms with Gasteiger partial charge in [0.25, 0.3) is 0 Å². The Balaban J connectivity index is 2.08. The number of carbonyl (C=O) groups is 1. The molecule has 0 spiro atoms. The second-order valence-electron chi connectivity index (χ2n) is 6.58. The molecule has 1 fully saturated rings. The van der Waals surface area contributed by atoms with Gasteiger partial charge in [-0.2, -0.15) is 13.2 Å². The van der Waals surface area contributed by atoms with Crippen molar-refractivity contribution in [3.8, 4) is 0 Å². The van der Waals surface area contributed by atoms with Crippen molar-refractivity contribution in [1.29, 1.82) is 0 Å². The zero-order chi connectivity index (χ0) is 18.3. The van der Waals surface area contributed by atoms with Gasteiger partial charge in [-0.15, -0.1) is 0 Å². The van der Waals surface area contributed by atoms with Crippen LogP contribution in [0.5, 0.6) is 0 Å². The van der Waals surface area contributed by atoms with E-state index in [-0.39, 0.29) is 10.6 Å². The molecule has 1 amide bonds. The summed E-state index contributed by atoms with van der Waals surface area (Å²) in [5.41, 5.74) is -0.587. The standard InChI is InChI=1S/C14H19BrF3N3O2S/c1-8-7-20(5-6-21(8)12(22)23-13(2,3)4)10-9(15)19-11(24-10)14(16,17)18/h8H,5-7H2,1-4H3. The van der Waals surface area contributed by atoms with Crippen LogP contribution >= 0.6 is 27.3 Å². The molecule has 2 heterocycles. The van der Waals surface area contributed by atoms with Gasteiger partial charge < -0.3 is 14.5 Å². The van der Waals surface area contributed by atoms with E-state index < -0.39 is 22.9 Å². The van der Waals surface area contributed by atoms with E-state index in [2.05, 4.69) is 20.9 Å². The summed E-state index contributed by atoms with van der Waals surface area (Å²) in [4.78, 5) is 19.1. The average molecular weight is 430 g/mol. The Morgan fingerprint density at radius 3 is 2.42 bits per heavy atom. The molecule has 0 saturated carbocycles. The molecule has 0 aliphatic carbocycles. The molecular weight excluding hydrogens is 411 g/mol. The van der Waals surface area contributed by atoms with Crippen molar-refractivity contribution < 1.29 is 22.7 Å². The Bertz CT molecular complexity index is 615. The molecule has 0 bridgehead atoms. The molecule has 24 heavy (non-hydrogen) atoms. The molecule has 1 aromatic rings. The second kappa shape index (κ2) is 6.70. The minimum atomic E-state index is -4.46. The number of halogens is 4. The fourth-order valence-corrected chi connectivity index (χ4v) is 3.99. The van der Waals surface area contributed by atoms with Crippen LogP contribution in [0, 0.1) is 0 Å². The normalized spacial score (nSPS) is 19.6. The van der Waals surface area contributed by atoms with Crippen LogP contribution in [0.4, 0.5) is 23.0 Å². The van der Waals surface area contributed by atoms with Crippen molar-refractivity contribution in [2.75, 3.05) is 24.5 Å².